The first-order valence-corrected chi connectivity index (χ1v) is 11.7. The SMILES string of the molecule is CNc1cc(-c2cn(C3CCOCC3)c3ncccc23)nc2c(C(=O)N[C@@H]3CC[C@@H]3O)cnn12. The molecule has 2 aliphatic rings. The summed E-state index contributed by atoms with van der Waals surface area (Å²) >= 11 is 0. The standard InChI is InChI=1S/C24H27N7O3/c1-25-21-11-19(28-23-16(12-27-31(21)23)24(33)29-18-4-5-20(18)32)17-13-30(14-6-9-34-10-7-14)22-15(17)3-2-8-26-22/h2-3,8,11-14,18,20,25,32H,4-7,9-10H2,1H3,(H,29,33)/t18-,20+/m1/s1. The first-order valence-electron chi connectivity index (χ1n) is 11.7. The van der Waals surface area contributed by atoms with Crippen LogP contribution in [-0.2, 0) is 4.74 Å². The molecule has 6 rings (SSSR count). The van der Waals surface area contributed by atoms with Gasteiger partial charge >= 0.3 is 0 Å². The fourth-order valence-corrected chi connectivity index (χ4v) is 4.86. The van der Waals surface area contributed by atoms with E-state index in [4.69, 9.17) is 9.72 Å². The minimum absolute atomic E-state index is 0.224. The predicted octanol–water partition coefficient (Wildman–Crippen LogP) is 2.39. The molecule has 176 valence electrons. The zero-order chi connectivity index (χ0) is 23.2. The summed E-state index contributed by atoms with van der Waals surface area (Å²) in [6, 6.07) is 6.02. The second-order valence-corrected chi connectivity index (χ2v) is 8.96. The third kappa shape index (κ3) is 3.41. The zero-order valence-corrected chi connectivity index (χ0v) is 18.9. The summed E-state index contributed by atoms with van der Waals surface area (Å²) in [5.74, 6) is 0.440. The molecule has 1 saturated carbocycles. The van der Waals surface area contributed by atoms with E-state index >= 15 is 0 Å². The van der Waals surface area contributed by atoms with Gasteiger partial charge in [-0.05, 0) is 37.8 Å². The van der Waals surface area contributed by atoms with E-state index in [1.54, 1.807) is 4.52 Å². The lowest BCUT2D eigenvalue weighted by Gasteiger charge is -2.32. The number of aliphatic hydroxyl groups excluding tert-OH is 1. The number of aliphatic hydroxyl groups is 1. The number of rotatable bonds is 5. The number of fused-ring (bicyclic) bond motifs is 2. The Hall–Kier alpha value is -3.50. The number of nitrogens with zero attached hydrogens (tertiary/aromatic N) is 5. The van der Waals surface area contributed by atoms with Crippen molar-refractivity contribution in [3.8, 4) is 11.3 Å². The highest BCUT2D eigenvalue weighted by Gasteiger charge is 2.31. The van der Waals surface area contributed by atoms with Crippen molar-refractivity contribution in [2.45, 2.75) is 43.9 Å². The minimum atomic E-state index is -0.494. The van der Waals surface area contributed by atoms with Crippen LogP contribution in [0.2, 0.25) is 0 Å². The zero-order valence-electron chi connectivity index (χ0n) is 18.9. The number of anilines is 1. The van der Waals surface area contributed by atoms with Gasteiger partial charge in [0.15, 0.2) is 5.65 Å². The summed E-state index contributed by atoms with van der Waals surface area (Å²) in [5.41, 5.74) is 3.45. The number of aromatic nitrogens is 5. The molecule has 1 aliphatic heterocycles. The van der Waals surface area contributed by atoms with Crippen LogP contribution in [0.15, 0.2) is 36.8 Å². The number of ether oxygens (including phenoxy) is 1. The Labute approximate surface area is 196 Å². The lowest BCUT2D eigenvalue weighted by Crippen LogP contribution is -2.50. The molecule has 0 bridgehead atoms. The van der Waals surface area contributed by atoms with Crippen molar-refractivity contribution in [2.75, 3.05) is 25.6 Å². The number of carbonyl (C=O) groups excluding carboxylic acids is 1. The topological polar surface area (TPSA) is 119 Å². The van der Waals surface area contributed by atoms with Crippen LogP contribution in [0, 0.1) is 0 Å². The van der Waals surface area contributed by atoms with Crippen LogP contribution in [0.25, 0.3) is 27.9 Å². The van der Waals surface area contributed by atoms with E-state index in [1.807, 2.05) is 25.4 Å². The second kappa shape index (κ2) is 8.37. The van der Waals surface area contributed by atoms with E-state index in [0.29, 0.717) is 23.7 Å². The first kappa shape index (κ1) is 21.1. The molecule has 0 aromatic carbocycles. The van der Waals surface area contributed by atoms with Crippen molar-refractivity contribution in [3.63, 3.8) is 0 Å². The van der Waals surface area contributed by atoms with Crippen LogP contribution in [0.4, 0.5) is 5.82 Å². The predicted molar refractivity (Wildman–Crippen MR) is 127 cm³/mol. The molecule has 4 aromatic heterocycles. The first-order chi connectivity index (χ1) is 16.6. The maximum absolute atomic E-state index is 13.0. The van der Waals surface area contributed by atoms with Crippen molar-refractivity contribution in [1.29, 1.82) is 0 Å². The van der Waals surface area contributed by atoms with Gasteiger partial charge in [0, 0.05) is 55.7 Å². The maximum Gasteiger partial charge on any atom is 0.257 e. The number of hydrogen-bond acceptors (Lipinski definition) is 7. The monoisotopic (exact) mass is 461 g/mol. The lowest BCUT2D eigenvalue weighted by molar-refractivity contribution is 0.0448. The van der Waals surface area contributed by atoms with Gasteiger partial charge in [-0.3, -0.25) is 4.79 Å². The molecule has 0 radical (unpaired) electrons. The van der Waals surface area contributed by atoms with Crippen LogP contribution in [0.5, 0.6) is 0 Å². The molecule has 2 atom stereocenters. The summed E-state index contributed by atoms with van der Waals surface area (Å²) < 4.78 is 9.43. The Bertz CT molecular complexity index is 1370. The second-order valence-electron chi connectivity index (χ2n) is 8.96. The van der Waals surface area contributed by atoms with Crippen molar-refractivity contribution in [1.82, 2.24) is 29.5 Å². The van der Waals surface area contributed by atoms with Gasteiger partial charge in [-0.15, -0.1) is 0 Å². The Morgan fingerprint density at radius 2 is 2.06 bits per heavy atom. The molecule has 0 spiro atoms. The van der Waals surface area contributed by atoms with Gasteiger partial charge in [-0.25, -0.2) is 9.97 Å². The molecule has 10 nitrogen and oxygen atoms in total. The molecule has 10 heteroatoms. The van der Waals surface area contributed by atoms with E-state index in [-0.39, 0.29) is 11.9 Å². The normalized spacial score (nSPS) is 21.0. The molecule has 4 aromatic rings. The van der Waals surface area contributed by atoms with E-state index in [2.05, 4.69) is 37.5 Å². The van der Waals surface area contributed by atoms with Crippen LogP contribution < -0.4 is 10.6 Å². The average Bonchev–Trinajstić information content (AvgIpc) is 3.48. The number of nitrogens with one attached hydrogen (secondary N) is 2. The fourth-order valence-electron chi connectivity index (χ4n) is 4.86. The fraction of sp³-hybridized carbons (Fsp3) is 0.417. The summed E-state index contributed by atoms with van der Waals surface area (Å²) in [7, 11) is 1.82. The van der Waals surface area contributed by atoms with Gasteiger partial charge in [0.1, 0.15) is 17.0 Å². The van der Waals surface area contributed by atoms with Crippen molar-refractivity contribution < 1.29 is 14.6 Å². The number of amides is 1. The number of hydrogen-bond donors (Lipinski definition) is 3. The quantitative estimate of drug-likeness (QED) is 0.418. The average molecular weight is 462 g/mol. The summed E-state index contributed by atoms with van der Waals surface area (Å²) in [4.78, 5) is 22.5. The Morgan fingerprint density at radius 1 is 1.21 bits per heavy atom. The third-order valence-corrected chi connectivity index (χ3v) is 6.98. The molecule has 0 unspecified atom stereocenters. The van der Waals surface area contributed by atoms with Gasteiger partial charge in [-0.2, -0.15) is 9.61 Å². The maximum atomic E-state index is 13.0. The lowest BCUT2D eigenvalue weighted by atomic mass is 9.89. The van der Waals surface area contributed by atoms with Gasteiger partial charge in [0.25, 0.3) is 5.91 Å². The van der Waals surface area contributed by atoms with Gasteiger partial charge < -0.3 is 25.0 Å². The summed E-state index contributed by atoms with van der Waals surface area (Å²) in [5, 5.41) is 21.4. The smallest absolute Gasteiger partial charge is 0.257 e. The Balaban J connectivity index is 1.46. The minimum Gasteiger partial charge on any atom is -0.391 e. The molecule has 34 heavy (non-hydrogen) atoms. The van der Waals surface area contributed by atoms with Gasteiger partial charge in [0.2, 0.25) is 0 Å². The molecule has 1 saturated heterocycles. The molecule has 5 heterocycles. The molecule has 1 amide bonds. The van der Waals surface area contributed by atoms with E-state index in [1.165, 1.54) is 6.20 Å². The largest absolute Gasteiger partial charge is 0.391 e. The molecular weight excluding hydrogens is 434 g/mol. The van der Waals surface area contributed by atoms with Crippen molar-refractivity contribution in [2.24, 2.45) is 0 Å². The molecule has 1 aliphatic carbocycles. The van der Waals surface area contributed by atoms with Crippen molar-refractivity contribution >= 4 is 28.4 Å². The van der Waals surface area contributed by atoms with E-state index in [0.717, 1.165) is 60.6 Å². The van der Waals surface area contributed by atoms with Gasteiger partial charge in [0.05, 0.1) is 24.0 Å². The van der Waals surface area contributed by atoms with Gasteiger partial charge in [-0.1, -0.05) is 0 Å². The van der Waals surface area contributed by atoms with Crippen molar-refractivity contribution in [3.05, 3.63) is 42.4 Å². The highest BCUT2D eigenvalue weighted by atomic mass is 16.5. The Morgan fingerprint density at radius 3 is 2.79 bits per heavy atom. The number of carbonyl (C=O) groups is 1. The third-order valence-electron chi connectivity index (χ3n) is 6.98. The highest BCUT2D eigenvalue weighted by molar-refractivity contribution is 6.01. The van der Waals surface area contributed by atoms with E-state index < -0.39 is 6.10 Å². The molecular formula is C24H27N7O3. The van der Waals surface area contributed by atoms with Crippen LogP contribution >= 0.6 is 0 Å². The van der Waals surface area contributed by atoms with Crippen LogP contribution in [-0.4, -0.2) is 67.6 Å². The number of pyridine rings is 1. The van der Waals surface area contributed by atoms with E-state index in [9.17, 15) is 9.90 Å². The summed E-state index contributed by atoms with van der Waals surface area (Å²) in [6.45, 7) is 1.48. The van der Waals surface area contributed by atoms with Crippen LogP contribution in [0.1, 0.15) is 42.1 Å². The highest BCUT2D eigenvalue weighted by Crippen LogP contribution is 2.34. The summed E-state index contributed by atoms with van der Waals surface area (Å²) in [6.07, 6.45) is 8.31. The Kier molecular flexibility index (Phi) is 5.19. The molecule has 3 N–H and O–H groups in total. The molecule has 2 fully saturated rings. The van der Waals surface area contributed by atoms with Crippen LogP contribution in [0.3, 0.4) is 0 Å².